The van der Waals surface area contributed by atoms with Crippen LogP contribution in [-0.2, 0) is 14.8 Å². The SMILES string of the molecule is Cc1ccc(S(=O)(=O)N2CCOCC2)cc1C(=O)NC(C)C12CC3CC(CC(C3)C1)C2. The van der Waals surface area contributed by atoms with E-state index >= 15 is 0 Å². The van der Waals surface area contributed by atoms with Gasteiger partial charge in [0.1, 0.15) is 0 Å². The molecule has 1 amide bonds. The predicted octanol–water partition coefficient (Wildman–Crippen LogP) is 3.35. The van der Waals surface area contributed by atoms with Crippen LogP contribution in [0.1, 0.15) is 61.4 Å². The number of nitrogens with one attached hydrogen (secondary N) is 1. The molecule has 6 nitrogen and oxygen atoms in total. The van der Waals surface area contributed by atoms with E-state index < -0.39 is 10.0 Å². The molecular formula is C24H34N2O4S. The average Bonchev–Trinajstić information content (AvgIpc) is 2.73. The summed E-state index contributed by atoms with van der Waals surface area (Å²) in [5.74, 6) is 2.33. The van der Waals surface area contributed by atoms with E-state index in [1.165, 1.54) is 42.8 Å². The molecule has 5 fully saturated rings. The highest BCUT2D eigenvalue weighted by Gasteiger charge is 2.53. The Bertz CT molecular complexity index is 933. The summed E-state index contributed by atoms with van der Waals surface area (Å²) in [6.07, 6.45) is 7.81. The summed E-state index contributed by atoms with van der Waals surface area (Å²) < 4.78 is 32.9. The second-order valence-corrected chi connectivity index (χ2v) is 12.4. The van der Waals surface area contributed by atoms with Crippen molar-refractivity contribution in [2.45, 2.75) is 63.3 Å². The van der Waals surface area contributed by atoms with Crippen LogP contribution in [0.4, 0.5) is 0 Å². The summed E-state index contributed by atoms with van der Waals surface area (Å²) in [7, 11) is -3.63. The minimum atomic E-state index is -3.63. The third-order valence-electron chi connectivity index (χ3n) is 8.41. The average molecular weight is 447 g/mol. The van der Waals surface area contributed by atoms with E-state index in [9.17, 15) is 13.2 Å². The first-order valence-corrected chi connectivity index (χ1v) is 13.2. The molecule has 1 aromatic carbocycles. The van der Waals surface area contributed by atoms with Crippen LogP contribution in [0.15, 0.2) is 23.1 Å². The molecule has 4 bridgehead atoms. The molecule has 1 unspecified atom stereocenters. The Morgan fingerprint density at radius 2 is 1.68 bits per heavy atom. The zero-order chi connectivity index (χ0) is 21.8. The number of morpholine rings is 1. The maximum atomic E-state index is 13.3. The molecule has 5 aliphatic rings. The van der Waals surface area contributed by atoms with Crippen LogP contribution < -0.4 is 5.32 Å². The summed E-state index contributed by atoms with van der Waals surface area (Å²) in [6.45, 7) is 5.54. The van der Waals surface area contributed by atoms with Crippen LogP contribution in [0.25, 0.3) is 0 Å². The van der Waals surface area contributed by atoms with Gasteiger partial charge in [0.25, 0.3) is 5.91 Å². The van der Waals surface area contributed by atoms with Gasteiger partial charge in [-0.3, -0.25) is 4.79 Å². The number of hydrogen-bond donors (Lipinski definition) is 1. The van der Waals surface area contributed by atoms with Crippen molar-refractivity contribution in [3.8, 4) is 0 Å². The summed E-state index contributed by atoms with van der Waals surface area (Å²) in [4.78, 5) is 13.5. The minimum absolute atomic E-state index is 0.104. The normalized spacial score (nSPS) is 33.9. The van der Waals surface area contributed by atoms with Crippen molar-refractivity contribution in [3.05, 3.63) is 29.3 Å². The van der Waals surface area contributed by atoms with Crippen molar-refractivity contribution < 1.29 is 17.9 Å². The van der Waals surface area contributed by atoms with Gasteiger partial charge in [-0.1, -0.05) is 6.07 Å². The van der Waals surface area contributed by atoms with Crippen molar-refractivity contribution in [3.63, 3.8) is 0 Å². The molecule has 0 aromatic heterocycles. The zero-order valence-electron chi connectivity index (χ0n) is 18.6. The van der Waals surface area contributed by atoms with Gasteiger partial charge in [-0.15, -0.1) is 0 Å². The lowest BCUT2D eigenvalue weighted by Crippen LogP contribution is -2.55. The molecule has 4 saturated carbocycles. The number of carbonyl (C=O) groups is 1. The number of carbonyl (C=O) groups excluding carboxylic acids is 1. The number of amides is 1. The Hall–Kier alpha value is -1.44. The molecule has 1 atom stereocenters. The molecule has 1 aliphatic heterocycles. The molecule has 6 rings (SSSR count). The van der Waals surface area contributed by atoms with Gasteiger partial charge in [0.15, 0.2) is 0 Å². The predicted molar refractivity (Wildman–Crippen MR) is 118 cm³/mol. The van der Waals surface area contributed by atoms with Gasteiger partial charge in [0, 0.05) is 24.7 Å². The Balaban J connectivity index is 1.35. The van der Waals surface area contributed by atoms with Crippen molar-refractivity contribution in [1.82, 2.24) is 9.62 Å². The monoisotopic (exact) mass is 446 g/mol. The molecule has 170 valence electrons. The van der Waals surface area contributed by atoms with Gasteiger partial charge >= 0.3 is 0 Å². The molecule has 1 heterocycles. The van der Waals surface area contributed by atoms with E-state index in [4.69, 9.17) is 4.74 Å². The van der Waals surface area contributed by atoms with Gasteiger partial charge in [0.05, 0.1) is 18.1 Å². The third kappa shape index (κ3) is 3.83. The number of benzene rings is 1. The van der Waals surface area contributed by atoms with Crippen molar-refractivity contribution in [1.29, 1.82) is 0 Å². The fourth-order valence-electron chi connectivity index (χ4n) is 7.08. The first-order valence-electron chi connectivity index (χ1n) is 11.8. The Morgan fingerprint density at radius 3 is 2.26 bits per heavy atom. The molecular weight excluding hydrogens is 412 g/mol. The van der Waals surface area contributed by atoms with Gasteiger partial charge < -0.3 is 10.1 Å². The molecule has 0 radical (unpaired) electrons. The fourth-order valence-corrected chi connectivity index (χ4v) is 8.51. The van der Waals surface area contributed by atoms with Crippen molar-refractivity contribution in [2.24, 2.45) is 23.2 Å². The van der Waals surface area contributed by atoms with Crippen LogP contribution >= 0.6 is 0 Å². The topological polar surface area (TPSA) is 75.7 Å². The number of sulfonamides is 1. The molecule has 31 heavy (non-hydrogen) atoms. The van der Waals surface area contributed by atoms with Gasteiger partial charge in [-0.05, 0) is 93.2 Å². The number of ether oxygens (including phenoxy) is 1. The lowest BCUT2D eigenvalue weighted by Gasteiger charge is -2.59. The lowest BCUT2D eigenvalue weighted by atomic mass is 9.48. The highest BCUT2D eigenvalue weighted by molar-refractivity contribution is 7.89. The summed E-state index contributed by atoms with van der Waals surface area (Å²) in [5, 5.41) is 3.28. The summed E-state index contributed by atoms with van der Waals surface area (Å²) in [5.41, 5.74) is 1.48. The van der Waals surface area contributed by atoms with Crippen LogP contribution in [0, 0.1) is 30.1 Å². The van der Waals surface area contributed by atoms with Gasteiger partial charge in [0.2, 0.25) is 10.0 Å². The molecule has 1 saturated heterocycles. The number of aryl methyl sites for hydroxylation is 1. The van der Waals surface area contributed by atoms with Crippen LogP contribution in [0.2, 0.25) is 0 Å². The highest BCUT2D eigenvalue weighted by atomic mass is 32.2. The van der Waals surface area contributed by atoms with E-state index in [1.54, 1.807) is 18.2 Å². The standard InChI is InChI=1S/C24H34N2O4S/c1-16-3-4-21(31(28,29)26-5-7-30-8-6-26)12-22(16)23(27)25-17(2)24-13-18-9-19(14-24)11-20(10-18)15-24/h3-4,12,17-20H,5-11,13-15H2,1-2H3,(H,25,27). The Morgan fingerprint density at radius 1 is 1.10 bits per heavy atom. The van der Waals surface area contributed by atoms with E-state index in [2.05, 4.69) is 12.2 Å². The summed E-state index contributed by atoms with van der Waals surface area (Å²) in [6, 6.07) is 5.02. The maximum Gasteiger partial charge on any atom is 0.251 e. The van der Waals surface area contributed by atoms with Crippen molar-refractivity contribution in [2.75, 3.05) is 26.3 Å². The van der Waals surface area contributed by atoms with Crippen LogP contribution in [-0.4, -0.2) is 51.0 Å². The molecule has 4 aliphatic carbocycles. The van der Waals surface area contributed by atoms with E-state index in [1.807, 2.05) is 6.92 Å². The Kier molecular flexibility index (Phi) is 5.42. The van der Waals surface area contributed by atoms with Crippen LogP contribution in [0.3, 0.4) is 0 Å². The van der Waals surface area contributed by atoms with Gasteiger partial charge in [-0.25, -0.2) is 8.42 Å². The van der Waals surface area contributed by atoms with Crippen LogP contribution in [0.5, 0.6) is 0 Å². The largest absolute Gasteiger partial charge is 0.379 e. The quantitative estimate of drug-likeness (QED) is 0.753. The minimum Gasteiger partial charge on any atom is -0.379 e. The van der Waals surface area contributed by atoms with Crippen molar-refractivity contribution >= 4 is 15.9 Å². The third-order valence-corrected chi connectivity index (χ3v) is 10.3. The zero-order valence-corrected chi connectivity index (χ0v) is 19.4. The molecule has 0 spiro atoms. The number of rotatable bonds is 5. The van der Waals surface area contributed by atoms with E-state index in [-0.39, 0.29) is 22.3 Å². The number of hydrogen-bond acceptors (Lipinski definition) is 4. The second kappa shape index (κ2) is 7.85. The molecule has 1 N–H and O–H groups in total. The first kappa shape index (κ1) is 21.4. The number of nitrogens with zero attached hydrogens (tertiary/aromatic N) is 1. The van der Waals surface area contributed by atoms with E-state index in [0.717, 1.165) is 23.3 Å². The highest BCUT2D eigenvalue weighted by Crippen LogP contribution is 2.61. The lowest BCUT2D eigenvalue weighted by molar-refractivity contribution is -0.0688. The maximum absolute atomic E-state index is 13.3. The van der Waals surface area contributed by atoms with Gasteiger partial charge in [-0.2, -0.15) is 4.31 Å². The summed E-state index contributed by atoms with van der Waals surface area (Å²) >= 11 is 0. The smallest absolute Gasteiger partial charge is 0.251 e. The Labute approximate surface area is 185 Å². The fraction of sp³-hybridized carbons (Fsp3) is 0.708. The second-order valence-electron chi connectivity index (χ2n) is 10.5. The molecule has 7 heteroatoms. The molecule has 1 aromatic rings. The first-order chi connectivity index (χ1) is 14.8. The van der Waals surface area contributed by atoms with E-state index in [0.29, 0.717) is 31.9 Å².